The molecule has 2 aromatic carbocycles. The van der Waals surface area contributed by atoms with Crippen molar-refractivity contribution in [3.63, 3.8) is 0 Å². The number of aryl methyl sites for hydroxylation is 2. The van der Waals surface area contributed by atoms with Gasteiger partial charge in [0.15, 0.2) is 0 Å². The number of fused-ring (bicyclic) bond motifs is 1. The third kappa shape index (κ3) is 4.89. The number of aromatic amines is 1. The summed E-state index contributed by atoms with van der Waals surface area (Å²) in [5, 5.41) is 3.94. The molecule has 2 heterocycles. The minimum atomic E-state index is -0.127. The average molecular weight is 405 g/mol. The number of nitrogens with one attached hydrogen (secondary N) is 2. The number of amides is 1. The Balaban J connectivity index is 1.30. The first-order valence-electron chi connectivity index (χ1n) is 10.4. The first-order chi connectivity index (χ1) is 14.6. The average Bonchev–Trinajstić information content (AvgIpc) is 2.77. The summed E-state index contributed by atoms with van der Waals surface area (Å²) in [6, 6.07) is 16.1. The van der Waals surface area contributed by atoms with Crippen LogP contribution in [0.15, 0.2) is 53.3 Å². The van der Waals surface area contributed by atoms with Gasteiger partial charge in [-0.05, 0) is 54.6 Å². The highest BCUT2D eigenvalue weighted by Gasteiger charge is 2.11. The van der Waals surface area contributed by atoms with Crippen LogP contribution in [-0.2, 0) is 22.5 Å². The van der Waals surface area contributed by atoms with Gasteiger partial charge in [-0.2, -0.15) is 0 Å². The summed E-state index contributed by atoms with van der Waals surface area (Å²) in [5.74, 6) is -0.0593. The van der Waals surface area contributed by atoms with E-state index in [4.69, 9.17) is 4.74 Å². The lowest BCUT2D eigenvalue weighted by molar-refractivity contribution is -0.121. The lowest BCUT2D eigenvalue weighted by atomic mass is 10.1. The molecule has 1 aromatic heterocycles. The monoisotopic (exact) mass is 405 g/mol. The Morgan fingerprint density at radius 2 is 1.87 bits per heavy atom. The predicted molar refractivity (Wildman–Crippen MR) is 119 cm³/mol. The molecular formula is C24H27N3O3. The van der Waals surface area contributed by atoms with Gasteiger partial charge in [-0.3, -0.25) is 9.59 Å². The van der Waals surface area contributed by atoms with E-state index in [0.717, 1.165) is 48.3 Å². The van der Waals surface area contributed by atoms with Gasteiger partial charge in [0.25, 0.3) is 5.56 Å². The summed E-state index contributed by atoms with van der Waals surface area (Å²) in [7, 11) is 0. The van der Waals surface area contributed by atoms with Gasteiger partial charge in [-0.15, -0.1) is 0 Å². The van der Waals surface area contributed by atoms with Crippen molar-refractivity contribution >= 4 is 22.5 Å². The number of hydrogen-bond donors (Lipinski definition) is 2. The molecule has 6 nitrogen and oxygen atoms in total. The van der Waals surface area contributed by atoms with Crippen molar-refractivity contribution in [2.75, 3.05) is 31.2 Å². The van der Waals surface area contributed by atoms with Crippen molar-refractivity contribution in [3.8, 4) is 0 Å². The Labute approximate surface area is 175 Å². The van der Waals surface area contributed by atoms with Crippen molar-refractivity contribution in [1.29, 1.82) is 0 Å². The SMILES string of the molecule is Cc1ccc2[nH]c(=O)c(CCC(=O)NCc3ccc(N4CCOCC4)cc3)cc2c1. The molecule has 1 aliphatic rings. The second-order valence-electron chi connectivity index (χ2n) is 7.76. The minimum absolute atomic E-state index is 0.0593. The van der Waals surface area contributed by atoms with Gasteiger partial charge in [0.1, 0.15) is 0 Å². The normalized spacial score (nSPS) is 14.1. The Morgan fingerprint density at radius 1 is 1.10 bits per heavy atom. The topological polar surface area (TPSA) is 74.4 Å². The molecule has 0 aliphatic carbocycles. The Morgan fingerprint density at radius 3 is 2.63 bits per heavy atom. The maximum Gasteiger partial charge on any atom is 0.251 e. The van der Waals surface area contributed by atoms with Gasteiger partial charge in [-0.1, -0.05) is 23.8 Å². The van der Waals surface area contributed by atoms with E-state index in [1.165, 1.54) is 5.69 Å². The van der Waals surface area contributed by atoms with Crippen molar-refractivity contribution in [2.24, 2.45) is 0 Å². The Hall–Kier alpha value is -3.12. The molecule has 156 valence electrons. The van der Waals surface area contributed by atoms with E-state index in [0.29, 0.717) is 18.5 Å². The van der Waals surface area contributed by atoms with Crippen molar-refractivity contribution < 1.29 is 9.53 Å². The van der Waals surface area contributed by atoms with E-state index in [1.807, 2.05) is 43.3 Å². The van der Waals surface area contributed by atoms with Crippen LogP contribution in [0.2, 0.25) is 0 Å². The highest BCUT2D eigenvalue weighted by atomic mass is 16.5. The zero-order chi connectivity index (χ0) is 20.9. The standard InChI is InChI=1S/C24H27N3O3/c1-17-2-8-22-20(14-17)15-19(24(29)26-22)5-9-23(28)25-16-18-3-6-21(7-4-18)27-10-12-30-13-11-27/h2-4,6-8,14-15H,5,9-13,16H2,1H3,(H,25,28)(H,26,29). The predicted octanol–water partition coefficient (Wildman–Crippen LogP) is 2.92. The number of nitrogens with zero attached hydrogens (tertiary/aromatic N) is 1. The van der Waals surface area contributed by atoms with Crippen LogP contribution in [0.1, 0.15) is 23.1 Å². The number of ether oxygens (including phenoxy) is 1. The van der Waals surface area contributed by atoms with E-state index in [-0.39, 0.29) is 17.9 Å². The number of H-pyrrole nitrogens is 1. The number of anilines is 1. The largest absolute Gasteiger partial charge is 0.378 e. The maximum absolute atomic E-state index is 12.3. The maximum atomic E-state index is 12.3. The summed E-state index contributed by atoms with van der Waals surface area (Å²) < 4.78 is 5.39. The number of hydrogen-bond acceptors (Lipinski definition) is 4. The van der Waals surface area contributed by atoms with Crippen LogP contribution < -0.4 is 15.8 Å². The van der Waals surface area contributed by atoms with E-state index in [9.17, 15) is 9.59 Å². The lowest BCUT2D eigenvalue weighted by Gasteiger charge is -2.28. The molecule has 1 fully saturated rings. The number of pyridine rings is 1. The number of rotatable bonds is 6. The van der Waals surface area contributed by atoms with Gasteiger partial charge in [0.05, 0.1) is 13.2 Å². The van der Waals surface area contributed by atoms with Crippen LogP contribution in [0.3, 0.4) is 0 Å². The van der Waals surface area contributed by atoms with Gasteiger partial charge < -0.3 is 19.9 Å². The summed E-state index contributed by atoms with van der Waals surface area (Å²) in [6.07, 6.45) is 0.702. The lowest BCUT2D eigenvalue weighted by Crippen LogP contribution is -2.36. The van der Waals surface area contributed by atoms with Crippen LogP contribution in [0.5, 0.6) is 0 Å². The van der Waals surface area contributed by atoms with Crippen LogP contribution in [0, 0.1) is 6.92 Å². The molecule has 0 radical (unpaired) electrons. The van der Waals surface area contributed by atoms with E-state index in [1.54, 1.807) is 0 Å². The van der Waals surface area contributed by atoms with Crippen LogP contribution in [-0.4, -0.2) is 37.2 Å². The third-order valence-corrected chi connectivity index (χ3v) is 5.50. The molecule has 0 unspecified atom stereocenters. The smallest absolute Gasteiger partial charge is 0.251 e. The summed E-state index contributed by atoms with van der Waals surface area (Å²) in [6.45, 7) is 5.84. The van der Waals surface area contributed by atoms with Gasteiger partial charge >= 0.3 is 0 Å². The molecule has 30 heavy (non-hydrogen) atoms. The van der Waals surface area contributed by atoms with E-state index < -0.39 is 0 Å². The first-order valence-corrected chi connectivity index (χ1v) is 10.4. The van der Waals surface area contributed by atoms with Crippen LogP contribution in [0.25, 0.3) is 10.9 Å². The number of carbonyl (C=O) groups excluding carboxylic acids is 1. The molecule has 2 N–H and O–H groups in total. The summed E-state index contributed by atoms with van der Waals surface area (Å²) in [4.78, 5) is 29.8. The van der Waals surface area contributed by atoms with Gasteiger partial charge in [-0.25, -0.2) is 0 Å². The molecule has 6 heteroatoms. The van der Waals surface area contributed by atoms with Gasteiger partial charge in [0, 0.05) is 42.8 Å². The number of benzene rings is 2. The molecule has 4 rings (SSSR count). The Kier molecular flexibility index (Phi) is 6.14. The molecule has 1 saturated heterocycles. The molecule has 1 aliphatic heterocycles. The zero-order valence-electron chi connectivity index (χ0n) is 17.2. The molecule has 1 amide bonds. The highest BCUT2D eigenvalue weighted by molar-refractivity contribution is 5.80. The fourth-order valence-corrected chi connectivity index (χ4v) is 3.74. The second-order valence-corrected chi connectivity index (χ2v) is 7.76. The minimum Gasteiger partial charge on any atom is -0.378 e. The number of morpholine rings is 1. The van der Waals surface area contributed by atoms with Crippen molar-refractivity contribution in [2.45, 2.75) is 26.3 Å². The van der Waals surface area contributed by atoms with Crippen molar-refractivity contribution in [1.82, 2.24) is 10.3 Å². The molecule has 0 spiro atoms. The summed E-state index contributed by atoms with van der Waals surface area (Å²) >= 11 is 0. The van der Waals surface area contributed by atoms with E-state index in [2.05, 4.69) is 27.3 Å². The van der Waals surface area contributed by atoms with Gasteiger partial charge in [0.2, 0.25) is 5.91 Å². The van der Waals surface area contributed by atoms with Crippen molar-refractivity contribution in [3.05, 3.63) is 75.6 Å². The second kappa shape index (κ2) is 9.13. The zero-order valence-corrected chi connectivity index (χ0v) is 17.2. The quantitative estimate of drug-likeness (QED) is 0.661. The molecule has 3 aromatic rings. The highest BCUT2D eigenvalue weighted by Crippen LogP contribution is 2.17. The first kappa shape index (κ1) is 20.2. The summed E-state index contributed by atoms with van der Waals surface area (Å²) in [5.41, 5.74) is 4.70. The Bertz CT molecular complexity index is 1080. The molecule has 0 atom stereocenters. The number of aromatic nitrogens is 1. The molecular weight excluding hydrogens is 378 g/mol. The number of carbonyl (C=O) groups is 1. The third-order valence-electron chi connectivity index (χ3n) is 5.50. The van der Waals surface area contributed by atoms with E-state index >= 15 is 0 Å². The van der Waals surface area contributed by atoms with Crippen LogP contribution in [0.4, 0.5) is 5.69 Å². The fraction of sp³-hybridized carbons (Fsp3) is 0.333. The van der Waals surface area contributed by atoms with Crippen LogP contribution >= 0.6 is 0 Å². The molecule has 0 saturated carbocycles. The fourth-order valence-electron chi connectivity index (χ4n) is 3.74. The molecule has 0 bridgehead atoms.